The lowest BCUT2D eigenvalue weighted by Gasteiger charge is -2.25. The van der Waals surface area contributed by atoms with Gasteiger partial charge in [0.1, 0.15) is 11.6 Å². The van der Waals surface area contributed by atoms with Crippen molar-refractivity contribution in [1.29, 1.82) is 0 Å². The lowest BCUT2D eigenvalue weighted by Crippen LogP contribution is -2.24. The number of fused-ring (bicyclic) bond motifs is 2. The Morgan fingerprint density at radius 1 is 1.13 bits per heavy atom. The van der Waals surface area contributed by atoms with Gasteiger partial charge in [0.2, 0.25) is 5.91 Å². The lowest BCUT2D eigenvalue weighted by atomic mass is 10.0. The van der Waals surface area contributed by atoms with Crippen molar-refractivity contribution >= 4 is 34.4 Å². The number of carbonyl (C=O) groups excluding carboxylic acids is 1. The standard InChI is InChI=1S/C21H22N4O5S/c1-29-13-2-3-15-11(8-13)9-14(20(27)22-15)18-17-19(23-16(26)10-31-18)25(24-21(17)28)12-4-6-30-7-5-12/h2-3,8-9,12,18H,4-7,10H2,1H3,(H,22,27)(H,23,26)(H,24,28). The first kappa shape index (κ1) is 20.0. The number of pyridine rings is 1. The molecule has 0 aliphatic carbocycles. The van der Waals surface area contributed by atoms with Gasteiger partial charge in [-0.05, 0) is 37.1 Å². The van der Waals surface area contributed by atoms with E-state index in [2.05, 4.69) is 15.4 Å². The van der Waals surface area contributed by atoms with Gasteiger partial charge in [-0.1, -0.05) is 0 Å². The van der Waals surface area contributed by atoms with Gasteiger partial charge >= 0.3 is 0 Å². The Labute approximate surface area is 181 Å². The van der Waals surface area contributed by atoms with Crippen LogP contribution in [0.25, 0.3) is 10.9 Å². The van der Waals surface area contributed by atoms with Crippen molar-refractivity contribution in [3.05, 3.63) is 56.1 Å². The van der Waals surface area contributed by atoms with Crippen molar-refractivity contribution in [2.24, 2.45) is 0 Å². The predicted molar refractivity (Wildman–Crippen MR) is 118 cm³/mol. The number of hydrogen-bond acceptors (Lipinski definition) is 6. The Morgan fingerprint density at radius 3 is 2.71 bits per heavy atom. The topological polar surface area (TPSA) is 118 Å². The van der Waals surface area contributed by atoms with Gasteiger partial charge in [0, 0.05) is 29.7 Å². The number of aromatic amines is 2. The number of ether oxygens (including phenoxy) is 2. The molecule has 1 aromatic carbocycles. The number of amides is 1. The second-order valence-corrected chi connectivity index (χ2v) is 8.76. The van der Waals surface area contributed by atoms with Crippen LogP contribution in [0.15, 0.2) is 33.9 Å². The van der Waals surface area contributed by atoms with Crippen molar-refractivity contribution < 1.29 is 14.3 Å². The van der Waals surface area contributed by atoms with Crippen LogP contribution in [0.4, 0.5) is 5.82 Å². The maximum atomic E-state index is 13.0. The molecule has 10 heteroatoms. The predicted octanol–water partition coefficient (Wildman–Crippen LogP) is 2.15. The molecule has 5 rings (SSSR count). The molecule has 1 atom stereocenters. The second kappa shape index (κ2) is 7.93. The molecule has 4 heterocycles. The maximum Gasteiger partial charge on any atom is 0.270 e. The van der Waals surface area contributed by atoms with Gasteiger partial charge in [0.25, 0.3) is 11.1 Å². The summed E-state index contributed by atoms with van der Waals surface area (Å²) in [7, 11) is 1.58. The fourth-order valence-corrected chi connectivity index (χ4v) is 5.36. The van der Waals surface area contributed by atoms with Crippen LogP contribution in [0.1, 0.15) is 35.3 Å². The lowest BCUT2D eigenvalue weighted by molar-refractivity contribution is -0.113. The van der Waals surface area contributed by atoms with Crippen molar-refractivity contribution in [1.82, 2.24) is 14.8 Å². The van der Waals surface area contributed by atoms with Crippen molar-refractivity contribution in [3.8, 4) is 5.75 Å². The number of aromatic nitrogens is 3. The molecule has 3 aromatic rings. The van der Waals surface area contributed by atoms with Crippen LogP contribution in [0, 0.1) is 0 Å². The number of rotatable bonds is 3. The van der Waals surface area contributed by atoms with Crippen LogP contribution < -0.4 is 21.2 Å². The molecule has 2 aromatic heterocycles. The number of hydrogen-bond donors (Lipinski definition) is 3. The zero-order valence-electron chi connectivity index (χ0n) is 16.9. The minimum Gasteiger partial charge on any atom is -0.497 e. The Kier molecular flexibility index (Phi) is 5.11. The molecule has 2 aliphatic heterocycles. The summed E-state index contributed by atoms with van der Waals surface area (Å²) >= 11 is 1.27. The second-order valence-electron chi connectivity index (χ2n) is 7.66. The highest BCUT2D eigenvalue weighted by Crippen LogP contribution is 2.40. The number of methoxy groups -OCH3 is 1. The largest absolute Gasteiger partial charge is 0.497 e. The van der Waals surface area contributed by atoms with Gasteiger partial charge in [-0.15, -0.1) is 11.8 Å². The van der Waals surface area contributed by atoms with Gasteiger partial charge in [0.05, 0.1) is 29.7 Å². The molecule has 3 N–H and O–H groups in total. The molecule has 9 nitrogen and oxygen atoms in total. The van der Waals surface area contributed by atoms with Crippen LogP contribution in [-0.2, 0) is 9.53 Å². The first-order chi connectivity index (χ1) is 15.0. The van der Waals surface area contributed by atoms with E-state index in [-0.39, 0.29) is 28.8 Å². The Balaban J connectivity index is 1.67. The zero-order valence-corrected chi connectivity index (χ0v) is 17.7. The number of H-pyrrole nitrogens is 2. The quantitative estimate of drug-likeness (QED) is 0.572. The number of carbonyl (C=O) groups is 1. The first-order valence-electron chi connectivity index (χ1n) is 10.1. The summed E-state index contributed by atoms with van der Waals surface area (Å²) in [5.41, 5.74) is 0.921. The zero-order chi connectivity index (χ0) is 21.5. The molecule has 0 spiro atoms. The Hall–Kier alpha value is -2.98. The van der Waals surface area contributed by atoms with E-state index in [0.717, 1.165) is 18.2 Å². The summed E-state index contributed by atoms with van der Waals surface area (Å²) in [6.45, 7) is 1.19. The molecular weight excluding hydrogens is 420 g/mol. The molecule has 1 unspecified atom stereocenters. The molecular formula is C21H22N4O5S. The molecule has 162 valence electrons. The SMILES string of the molecule is COc1ccc2[nH]c(=O)c(C3SCC(=O)Nc4c3c(=O)[nH]n4C3CCOCC3)cc2c1. The fourth-order valence-electron chi connectivity index (χ4n) is 4.23. The van der Waals surface area contributed by atoms with E-state index >= 15 is 0 Å². The summed E-state index contributed by atoms with van der Waals surface area (Å²) in [4.78, 5) is 41.4. The van der Waals surface area contributed by atoms with E-state index in [1.54, 1.807) is 30.0 Å². The van der Waals surface area contributed by atoms with Crippen molar-refractivity contribution in [2.75, 3.05) is 31.4 Å². The number of benzene rings is 1. The average molecular weight is 442 g/mol. The number of nitrogens with one attached hydrogen (secondary N) is 3. The minimum absolute atomic E-state index is 0.0217. The van der Waals surface area contributed by atoms with Crippen LogP contribution in [0.2, 0.25) is 0 Å². The summed E-state index contributed by atoms with van der Waals surface area (Å²) in [6, 6.07) is 7.19. The maximum absolute atomic E-state index is 13.0. The molecule has 1 saturated heterocycles. The summed E-state index contributed by atoms with van der Waals surface area (Å²) in [5.74, 6) is 1.05. The van der Waals surface area contributed by atoms with E-state index in [1.807, 2.05) is 6.07 Å². The van der Waals surface area contributed by atoms with Crippen molar-refractivity contribution in [3.63, 3.8) is 0 Å². The van der Waals surface area contributed by atoms with E-state index in [4.69, 9.17) is 9.47 Å². The molecule has 1 fully saturated rings. The number of nitrogens with zero attached hydrogens (tertiary/aromatic N) is 1. The highest BCUT2D eigenvalue weighted by atomic mass is 32.2. The molecule has 0 bridgehead atoms. The molecule has 1 amide bonds. The molecule has 2 aliphatic rings. The average Bonchev–Trinajstić information content (AvgIpc) is 2.99. The highest BCUT2D eigenvalue weighted by molar-refractivity contribution is 8.00. The van der Waals surface area contributed by atoms with Gasteiger partial charge in [-0.2, -0.15) is 0 Å². The smallest absolute Gasteiger partial charge is 0.270 e. The third kappa shape index (κ3) is 3.55. The van der Waals surface area contributed by atoms with E-state index in [1.165, 1.54) is 11.8 Å². The first-order valence-corrected chi connectivity index (χ1v) is 11.1. The Bertz CT molecular complexity index is 1270. The third-order valence-corrected chi connectivity index (χ3v) is 7.03. The van der Waals surface area contributed by atoms with Gasteiger partial charge in [-0.25, -0.2) is 0 Å². The normalized spacial score (nSPS) is 19.6. The summed E-state index contributed by atoms with van der Waals surface area (Å²) in [6.07, 6.45) is 1.47. The van der Waals surface area contributed by atoms with Crippen LogP contribution in [0.3, 0.4) is 0 Å². The van der Waals surface area contributed by atoms with E-state index < -0.39 is 5.25 Å². The number of thioether (sulfide) groups is 1. The van der Waals surface area contributed by atoms with Gasteiger partial charge in [0.15, 0.2) is 0 Å². The highest BCUT2D eigenvalue weighted by Gasteiger charge is 2.34. The minimum atomic E-state index is -0.585. The van der Waals surface area contributed by atoms with Crippen LogP contribution in [0.5, 0.6) is 5.75 Å². The summed E-state index contributed by atoms with van der Waals surface area (Å²) < 4.78 is 12.5. The van der Waals surface area contributed by atoms with Gasteiger partial charge in [-0.3, -0.25) is 24.2 Å². The van der Waals surface area contributed by atoms with Crippen LogP contribution >= 0.6 is 11.8 Å². The molecule has 0 radical (unpaired) electrons. The van der Waals surface area contributed by atoms with Crippen LogP contribution in [-0.4, -0.2) is 46.7 Å². The third-order valence-electron chi connectivity index (χ3n) is 5.78. The van der Waals surface area contributed by atoms with E-state index in [0.29, 0.717) is 41.4 Å². The fraction of sp³-hybridized carbons (Fsp3) is 0.381. The van der Waals surface area contributed by atoms with E-state index in [9.17, 15) is 14.4 Å². The van der Waals surface area contributed by atoms with Gasteiger partial charge < -0.3 is 19.8 Å². The monoisotopic (exact) mass is 442 g/mol. The van der Waals surface area contributed by atoms with Crippen molar-refractivity contribution in [2.45, 2.75) is 24.1 Å². The summed E-state index contributed by atoms with van der Waals surface area (Å²) in [5, 5.41) is 5.98. The molecule has 31 heavy (non-hydrogen) atoms. The molecule has 0 saturated carbocycles. The Morgan fingerprint density at radius 2 is 1.94 bits per heavy atom. The number of anilines is 1.